The Morgan fingerprint density at radius 2 is 1.78 bits per heavy atom. The van der Waals surface area contributed by atoms with Crippen LogP contribution in [0.4, 0.5) is 0 Å². The number of carboxylic acid groups (broad SMARTS) is 1. The van der Waals surface area contributed by atoms with E-state index in [0.717, 1.165) is 10.8 Å². The van der Waals surface area contributed by atoms with Crippen LogP contribution in [0, 0.1) is 6.92 Å². The summed E-state index contributed by atoms with van der Waals surface area (Å²) in [6, 6.07) is 8.63. The minimum atomic E-state index is -1.04. The first-order chi connectivity index (χ1) is 8.50. The van der Waals surface area contributed by atoms with Gasteiger partial charge in [0.25, 0.3) is 0 Å². The number of aryl methyl sites for hydroxylation is 1. The maximum atomic E-state index is 11.2. The zero-order valence-electron chi connectivity index (χ0n) is 10.1. The molecule has 0 bridgehead atoms. The molecule has 0 aromatic heterocycles. The highest BCUT2D eigenvalue weighted by Crippen LogP contribution is 2.31. The molecule has 0 atom stereocenters. The van der Waals surface area contributed by atoms with E-state index in [1.165, 1.54) is 13.0 Å². The molecular weight excluding hydrogens is 232 g/mol. The Balaban J connectivity index is 2.79. The van der Waals surface area contributed by atoms with Crippen molar-refractivity contribution in [1.82, 2.24) is 0 Å². The van der Waals surface area contributed by atoms with Crippen LogP contribution < -0.4 is 4.74 Å². The molecule has 2 aromatic carbocycles. The molecule has 2 rings (SSSR count). The smallest absolute Gasteiger partial charge is 0.336 e. The molecule has 1 N–H and O–H groups in total. The van der Waals surface area contributed by atoms with Crippen molar-refractivity contribution >= 4 is 22.7 Å². The van der Waals surface area contributed by atoms with Crippen molar-refractivity contribution in [2.45, 2.75) is 13.8 Å². The summed E-state index contributed by atoms with van der Waals surface area (Å²) in [6.45, 7) is 3.03. The van der Waals surface area contributed by atoms with E-state index in [1.807, 2.05) is 18.2 Å². The van der Waals surface area contributed by atoms with Gasteiger partial charge in [-0.1, -0.05) is 24.3 Å². The quantitative estimate of drug-likeness (QED) is 0.651. The number of ether oxygens (including phenoxy) is 1. The monoisotopic (exact) mass is 244 g/mol. The maximum Gasteiger partial charge on any atom is 0.336 e. The highest BCUT2D eigenvalue weighted by Gasteiger charge is 2.15. The number of rotatable bonds is 2. The number of hydrogen-bond donors (Lipinski definition) is 1. The molecule has 0 spiro atoms. The molecule has 4 heteroatoms. The van der Waals surface area contributed by atoms with Gasteiger partial charge in [-0.3, -0.25) is 4.79 Å². The van der Waals surface area contributed by atoms with Crippen LogP contribution in [0.1, 0.15) is 22.8 Å². The van der Waals surface area contributed by atoms with Gasteiger partial charge in [0.1, 0.15) is 5.75 Å². The first-order valence-electron chi connectivity index (χ1n) is 5.44. The lowest BCUT2D eigenvalue weighted by molar-refractivity contribution is -0.131. The van der Waals surface area contributed by atoms with Gasteiger partial charge in [-0.15, -0.1) is 0 Å². The highest BCUT2D eigenvalue weighted by molar-refractivity contribution is 6.01. The first kappa shape index (κ1) is 12.1. The van der Waals surface area contributed by atoms with E-state index in [2.05, 4.69) is 0 Å². The summed E-state index contributed by atoms with van der Waals surface area (Å²) >= 11 is 0. The predicted octanol–water partition coefficient (Wildman–Crippen LogP) is 2.77. The van der Waals surface area contributed by atoms with Gasteiger partial charge in [0.2, 0.25) is 0 Å². The zero-order chi connectivity index (χ0) is 13.3. The van der Waals surface area contributed by atoms with Gasteiger partial charge in [0, 0.05) is 12.3 Å². The summed E-state index contributed by atoms with van der Waals surface area (Å²) in [6.07, 6.45) is 0. The minimum Gasteiger partial charge on any atom is -0.478 e. The average Bonchev–Trinajstić information content (AvgIpc) is 2.32. The first-order valence-corrected chi connectivity index (χ1v) is 5.44. The van der Waals surface area contributed by atoms with Crippen LogP contribution in [0.25, 0.3) is 10.8 Å². The topological polar surface area (TPSA) is 63.6 Å². The second-order valence-electron chi connectivity index (χ2n) is 3.99. The third-order valence-corrected chi connectivity index (χ3v) is 2.76. The van der Waals surface area contributed by atoms with Gasteiger partial charge in [0.15, 0.2) is 0 Å². The third-order valence-electron chi connectivity index (χ3n) is 2.76. The fourth-order valence-corrected chi connectivity index (χ4v) is 1.95. The number of carbonyl (C=O) groups is 2. The molecule has 0 fully saturated rings. The van der Waals surface area contributed by atoms with E-state index in [0.29, 0.717) is 5.56 Å². The molecule has 18 heavy (non-hydrogen) atoms. The fourth-order valence-electron chi connectivity index (χ4n) is 1.95. The molecule has 0 heterocycles. The number of aromatic carboxylic acids is 1. The zero-order valence-corrected chi connectivity index (χ0v) is 10.1. The maximum absolute atomic E-state index is 11.2. The van der Waals surface area contributed by atoms with Crippen LogP contribution in [-0.2, 0) is 4.79 Å². The van der Waals surface area contributed by atoms with Crippen molar-refractivity contribution in [2.75, 3.05) is 0 Å². The Morgan fingerprint density at radius 3 is 2.33 bits per heavy atom. The molecule has 0 amide bonds. The van der Waals surface area contributed by atoms with Crippen molar-refractivity contribution in [3.63, 3.8) is 0 Å². The van der Waals surface area contributed by atoms with E-state index >= 15 is 0 Å². The molecule has 0 saturated heterocycles. The summed E-state index contributed by atoms with van der Waals surface area (Å²) in [5.74, 6) is -1.23. The molecule has 92 valence electrons. The van der Waals surface area contributed by atoms with Gasteiger partial charge >= 0.3 is 11.9 Å². The van der Waals surface area contributed by atoms with Crippen molar-refractivity contribution < 1.29 is 19.4 Å². The summed E-state index contributed by atoms with van der Waals surface area (Å²) in [5.41, 5.74) is 0.805. The van der Waals surface area contributed by atoms with Crippen molar-refractivity contribution in [3.8, 4) is 5.75 Å². The largest absolute Gasteiger partial charge is 0.478 e. The van der Waals surface area contributed by atoms with Crippen LogP contribution in [0.15, 0.2) is 30.3 Å². The van der Waals surface area contributed by atoms with Gasteiger partial charge in [0.05, 0.1) is 5.56 Å². The number of hydrogen-bond acceptors (Lipinski definition) is 3. The lowest BCUT2D eigenvalue weighted by atomic mass is 9.99. The Labute approximate surface area is 104 Å². The molecule has 0 aliphatic heterocycles. The highest BCUT2D eigenvalue weighted by atomic mass is 16.5. The molecular formula is C14H12O4. The van der Waals surface area contributed by atoms with Gasteiger partial charge in [-0.25, -0.2) is 4.79 Å². The molecule has 0 saturated carbocycles. The standard InChI is InChI=1S/C14H12O4/c1-8-10-5-3-4-6-11(10)13(18-9(2)15)7-12(8)14(16)17/h3-7H,1-2H3,(H,16,17). The van der Waals surface area contributed by atoms with E-state index in [9.17, 15) is 9.59 Å². The second kappa shape index (κ2) is 4.49. The van der Waals surface area contributed by atoms with Gasteiger partial charge in [-0.2, -0.15) is 0 Å². The minimum absolute atomic E-state index is 0.143. The molecule has 0 aliphatic carbocycles. The van der Waals surface area contributed by atoms with E-state index in [-0.39, 0.29) is 11.3 Å². The molecule has 0 radical (unpaired) electrons. The number of carbonyl (C=O) groups excluding carboxylic acids is 1. The number of esters is 1. The molecule has 0 aliphatic rings. The summed E-state index contributed by atoms with van der Waals surface area (Å²) in [4.78, 5) is 22.2. The third kappa shape index (κ3) is 2.05. The summed E-state index contributed by atoms with van der Waals surface area (Å²) in [7, 11) is 0. The van der Waals surface area contributed by atoms with Crippen LogP contribution in [0.3, 0.4) is 0 Å². The van der Waals surface area contributed by atoms with E-state index in [1.54, 1.807) is 13.0 Å². The summed E-state index contributed by atoms with van der Waals surface area (Å²) in [5, 5.41) is 10.6. The predicted molar refractivity (Wildman–Crippen MR) is 67.0 cm³/mol. The molecule has 4 nitrogen and oxygen atoms in total. The van der Waals surface area contributed by atoms with Crippen molar-refractivity contribution in [2.24, 2.45) is 0 Å². The molecule has 0 unspecified atom stereocenters. The van der Waals surface area contributed by atoms with Crippen LogP contribution in [0.5, 0.6) is 5.75 Å². The van der Waals surface area contributed by atoms with Crippen molar-refractivity contribution in [3.05, 3.63) is 41.5 Å². The fraction of sp³-hybridized carbons (Fsp3) is 0.143. The number of carboxylic acids is 1. The lowest BCUT2D eigenvalue weighted by Crippen LogP contribution is -2.06. The Morgan fingerprint density at radius 1 is 1.17 bits per heavy atom. The molecule has 2 aromatic rings. The Bertz CT molecular complexity index is 644. The van der Waals surface area contributed by atoms with E-state index in [4.69, 9.17) is 9.84 Å². The van der Waals surface area contributed by atoms with Crippen LogP contribution in [0.2, 0.25) is 0 Å². The van der Waals surface area contributed by atoms with Gasteiger partial charge in [-0.05, 0) is 23.9 Å². The lowest BCUT2D eigenvalue weighted by Gasteiger charge is -2.11. The second-order valence-corrected chi connectivity index (χ2v) is 3.99. The number of fused-ring (bicyclic) bond motifs is 1. The van der Waals surface area contributed by atoms with Crippen LogP contribution in [-0.4, -0.2) is 17.0 Å². The summed E-state index contributed by atoms with van der Waals surface area (Å²) < 4.78 is 5.07. The van der Waals surface area contributed by atoms with Crippen molar-refractivity contribution in [1.29, 1.82) is 0 Å². The number of benzene rings is 2. The average molecular weight is 244 g/mol. The van der Waals surface area contributed by atoms with E-state index < -0.39 is 11.9 Å². The SMILES string of the molecule is CC(=O)Oc1cc(C(=O)O)c(C)c2ccccc12. The normalized spacial score (nSPS) is 10.3. The van der Waals surface area contributed by atoms with Gasteiger partial charge < -0.3 is 9.84 Å². The Kier molecular flexibility index (Phi) is 3.02. The Hall–Kier alpha value is -2.36. The van der Waals surface area contributed by atoms with Crippen LogP contribution >= 0.6 is 0 Å².